The molecule has 0 aromatic heterocycles. The highest BCUT2D eigenvalue weighted by Crippen LogP contribution is 2.25. The molecule has 0 saturated carbocycles. The van der Waals surface area contributed by atoms with Gasteiger partial charge in [-0.3, -0.25) is 38.4 Å². The summed E-state index contributed by atoms with van der Waals surface area (Å²) in [7, 11) is 2.74. The lowest BCUT2D eigenvalue weighted by Crippen LogP contribution is -2.67. The molecule has 2 heterocycles. The van der Waals surface area contributed by atoms with Crippen molar-refractivity contribution in [2.24, 2.45) is 11.7 Å². The van der Waals surface area contributed by atoms with E-state index in [4.69, 9.17) is 15.2 Å². The normalized spacial score (nSPS) is 25.7. The quantitative estimate of drug-likeness (QED) is 0.0677. The number of esters is 1. The van der Waals surface area contributed by atoms with Crippen molar-refractivity contribution in [2.75, 3.05) is 14.2 Å². The third-order valence-corrected chi connectivity index (χ3v) is 12.3. The summed E-state index contributed by atoms with van der Waals surface area (Å²) in [4.78, 5) is 125. The Morgan fingerprint density at radius 3 is 2.18 bits per heavy atom. The number of nitrogens with two attached hydrogens (primary N) is 1. The van der Waals surface area contributed by atoms with E-state index in [1.165, 1.54) is 40.1 Å². The molecule has 2 aromatic rings. The number of ether oxygens (including phenoxy) is 2. The van der Waals surface area contributed by atoms with Gasteiger partial charge < -0.3 is 66.9 Å². The zero-order valence-electron chi connectivity index (χ0n) is 39.0. The highest BCUT2D eigenvalue weighted by Gasteiger charge is 2.47. The SMILES string of the molecule is CC[C@H](C)[C@@H]1NC(=O)[C@H](Cc2ccc(OC)cc2)N(C)C(=O)C(C(C)O)N2C(=O)C(CCC2O)NC(=O)C(CCc2ccc(O)cc2)NC(=O)C(NC(=O)[C@H](CCC(N)=O)NC=O)C(C)OC1=O. The third kappa shape index (κ3) is 14.1. The van der Waals surface area contributed by atoms with Gasteiger partial charge in [0.1, 0.15) is 66.1 Å². The molecule has 8 amide bonds. The fourth-order valence-corrected chi connectivity index (χ4v) is 8.00. The number of nitrogens with one attached hydrogen (secondary N) is 5. The van der Waals surface area contributed by atoms with Gasteiger partial charge in [-0.05, 0) is 87.3 Å². The molecular weight excluding hydrogens is 889 g/mol. The highest BCUT2D eigenvalue weighted by atomic mass is 16.5. The summed E-state index contributed by atoms with van der Waals surface area (Å²) in [6.45, 7) is 5.87. The molecule has 2 aromatic carbocycles. The molecule has 2 saturated heterocycles. The number of aromatic hydroxyl groups is 1. The van der Waals surface area contributed by atoms with Gasteiger partial charge >= 0.3 is 5.97 Å². The van der Waals surface area contributed by atoms with Crippen molar-refractivity contribution in [2.45, 2.75) is 140 Å². The van der Waals surface area contributed by atoms with Crippen LogP contribution in [0.4, 0.5) is 0 Å². The Kier molecular flexibility index (Phi) is 19.6. The molecule has 10 N–H and O–H groups in total. The minimum atomic E-state index is -1.81. The molecule has 2 bridgehead atoms. The molecule has 0 spiro atoms. The van der Waals surface area contributed by atoms with Crippen LogP contribution >= 0.6 is 0 Å². The number of cyclic esters (lactones) is 1. The number of methoxy groups -OCH3 is 1. The number of primary amides is 1. The average Bonchev–Trinajstić information content (AvgIpc) is 3.30. The van der Waals surface area contributed by atoms with E-state index in [1.54, 1.807) is 50.2 Å². The van der Waals surface area contributed by atoms with E-state index in [2.05, 4.69) is 26.6 Å². The molecule has 22 heteroatoms. The number of aliphatic hydroxyl groups is 2. The van der Waals surface area contributed by atoms with Gasteiger partial charge in [0.2, 0.25) is 47.8 Å². The summed E-state index contributed by atoms with van der Waals surface area (Å²) in [6.07, 6.45) is -5.47. The minimum absolute atomic E-state index is 0.0299. The average molecular weight is 953 g/mol. The lowest BCUT2D eigenvalue weighted by molar-refractivity contribution is -0.170. The van der Waals surface area contributed by atoms with Crippen LogP contribution in [0.3, 0.4) is 0 Å². The van der Waals surface area contributed by atoms with Crippen LogP contribution in [-0.2, 0) is 60.7 Å². The molecule has 2 aliphatic rings. The van der Waals surface area contributed by atoms with Crippen LogP contribution in [0, 0.1) is 5.92 Å². The Labute approximate surface area is 394 Å². The zero-order valence-corrected chi connectivity index (χ0v) is 39.0. The predicted octanol–water partition coefficient (Wildman–Crippen LogP) is -1.60. The number of carbonyl (C=O) groups excluding carboxylic acids is 9. The van der Waals surface area contributed by atoms with E-state index in [0.29, 0.717) is 23.3 Å². The zero-order chi connectivity index (χ0) is 50.4. The maximum Gasteiger partial charge on any atom is 0.329 e. The van der Waals surface area contributed by atoms with Gasteiger partial charge in [0.05, 0.1) is 13.2 Å². The van der Waals surface area contributed by atoms with Gasteiger partial charge in [0.25, 0.3) is 0 Å². The number of hydrogen-bond donors (Lipinski definition) is 9. The van der Waals surface area contributed by atoms with Crippen LogP contribution in [0.25, 0.3) is 0 Å². The minimum Gasteiger partial charge on any atom is -0.508 e. The van der Waals surface area contributed by atoms with E-state index in [1.807, 2.05) is 0 Å². The number of hydrogen-bond acceptors (Lipinski definition) is 14. The second-order valence-corrected chi connectivity index (χ2v) is 17.2. The number of likely N-dealkylation sites (N-methyl/N-ethyl adjacent to an activating group) is 1. The number of phenols is 1. The molecule has 22 nitrogen and oxygen atoms in total. The Balaban J connectivity index is 1.88. The molecule has 0 radical (unpaired) electrons. The third-order valence-electron chi connectivity index (χ3n) is 12.3. The van der Waals surface area contributed by atoms with Crippen molar-refractivity contribution in [3.05, 3.63) is 59.7 Å². The molecule has 68 heavy (non-hydrogen) atoms. The number of aliphatic hydroxyl groups excluding tert-OH is 2. The van der Waals surface area contributed by atoms with E-state index in [-0.39, 0.29) is 57.1 Å². The molecule has 372 valence electrons. The number of aryl methyl sites for hydroxylation is 1. The van der Waals surface area contributed by atoms with Gasteiger partial charge in [-0.2, -0.15) is 0 Å². The first-order chi connectivity index (χ1) is 32.2. The monoisotopic (exact) mass is 952 g/mol. The molecule has 11 atom stereocenters. The Hall–Kier alpha value is -6.81. The van der Waals surface area contributed by atoms with Gasteiger partial charge in [-0.15, -0.1) is 0 Å². The van der Waals surface area contributed by atoms with Crippen molar-refractivity contribution in [3.8, 4) is 11.5 Å². The first-order valence-electron chi connectivity index (χ1n) is 22.5. The lowest BCUT2D eigenvalue weighted by Gasteiger charge is -2.43. The maximum atomic E-state index is 14.7. The smallest absolute Gasteiger partial charge is 0.329 e. The van der Waals surface area contributed by atoms with Crippen LogP contribution < -0.4 is 37.1 Å². The summed E-state index contributed by atoms with van der Waals surface area (Å²) in [5, 5.41) is 45.0. The molecular formula is C46H64N8O14. The molecule has 2 fully saturated rings. The van der Waals surface area contributed by atoms with E-state index >= 15 is 0 Å². The van der Waals surface area contributed by atoms with Gasteiger partial charge in [-0.25, -0.2) is 4.79 Å². The van der Waals surface area contributed by atoms with Gasteiger partial charge in [0, 0.05) is 19.9 Å². The maximum absolute atomic E-state index is 14.7. The van der Waals surface area contributed by atoms with Crippen LogP contribution in [0.1, 0.15) is 77.3 Å². The first-order valence-corrected chi connectivity index (χ1v) is 22.5. The number of piperidine rings is 1. The van der Waals surface area contributed by atoms with E-state index < -0.39 is 114 Å². The Bertz CT molecular complexity index is 2120. The molecule has 2 aliphatic heterocycles. The standard InChI is InChI=1S/C46H64N8O14/c1-7-24(2)37-46(66)68-26(4)38(52-40(60)31(48-23-55)18-20-35(47)58)43(63)49-32(17-12-27-8-13-29(57)14-9-27)41(61)50-33-19-21-36(59)54(44(33)64)39(25(3)56)45(65)53(5)34(42(62)51-37)22-28-10-15-30(67-6)16-11-28/h8-11,13-16,23-26,31-34,36-39,56-57,59H,7,12,17-22H2,1-6H3,(H2,47,58)(H,48,55)(H,49,63)(H,50,61)(H,51,62)(H,52,60)/t24-,25?,26?,31-,32?,33?,34-,36?,37-,38?,39?/m0/s1. The summed E-state index contributed by atoms with van der Waals surface area (Å²) >= 11 is 0. The van der Waals surface area contributed by atoms with Crippen molar-refractivity contribution in [1.82, 2.24) is 36.4 Å². The predicted molar refractivity (Wildman–Crippen MR) is 241 cm³/mol. The Morgan fingerprint density at radius 2 is 1.59 bits per heavy atom. The number of phenolic OH excluding ortho intramolecular Hbond substituents is 1. The Morgan fingerprint density at radius 1 is 0.941 bits per heavy atom. The molecule has 4 rings (SSSR count). The molecule has 0 aliphatic carbocycles. The summed E-state index contributed by atoms with van der Waals surface area (Å²) in [5.74, 6) is -7.79. The number of amides is 8. The van der Waals surface area contributed by atoms with Crippen LogP contribution in [0.2, 0.25) is 0 Å². The highest BCUT2D eigenvalue weighted by molar-refractivity contribution is 5.98. The second-order valence-electron chi connectivity index (χ2n) is 17.2. The summed E-state index contributed by atoms with van der Waals surface area (Å²) in [5.41, 5.74) is 6.45. The fourth-order valence-electron chi connectivity index (χ4n) is 8.00. The number of rotatable bonds is 16. The van der Waals surface area contributed by atoms with E-state index in [0.717, 1.165) is 9.80 Å². The molecule has 7 unspecified atom stereocenters. The number of carbonyl (C=O) groups is 9. The van der Waals surface area contributed by atoms with Gasteiger partial charge in [-0.1, -0.05) is 44.5 Å². The first kappa shape index (κ1) is 53.8. The van der Waals surface area contributed by atoms with Crippen molar-refractivity contribution in [1.29, 1.82) is 0 Å². The lowest BCUT2D eigenvalue weighted by atomic mass is 9.96. The largest absolute Gasteiger partial charge is 0.508 e. The van der Waals surface area contributed by atoms with Crippen molar-refractivity contribution in [3.63, 3.8) is 0 Å². The van der Waals surface area contributed by atoms with Gasteiger partial charge in [0.15, 0.2) is 0 Å². The summed E-state index contributed by atoms with van der Waals surface area (Å²) in [6, 6.07) is 1.78. The van der Waals surface area contributed by atoms with Crippen molar-refractivity contribution >= 4 is 53.7 Å². The van der Waals surface area contributed by atoms with Crippen LogP contribution in [-0.4, -0.2) is 154 Å². The van der Waals surface area contributed by atoms with Crippen LogP contribution in [0.5, 0.6) is 11.5 Å². The van der Waals surface area contributed by atoms with E-state index in [9.17, 15) is 58.5 Å². The number of nitrogens with zero attached hydrogens (tertiary/aromatic N) is 2. The summed E-state index contributed by atoms with van der Waals surface area (Å²) < 4.78 is 11.1. The topological polar surface area (TPSA) is 325 Å². The number of benzene rings is 2. The van der Waals surface area contributed by atoms with Crippen LogP contribution in [0.15, 0.2) is 48.5 Å². The fraction of sp³-hybridized carbons (Fsp3) is 0.543. The second kappa shape index (κ2) is 24.8. The number of fused-ring (bicyclic) bond motifs is 2. The van der Waals surface area contributed by atoms with Crippen molar-refractivity contribution < 1.29 is 67.9 Å².